The Kier molecular flexibility index (Phi) is 2.95. The molecule has 2 heteroatoms. The van der Waals surface area contributed by atoms with Gasteiger partial charge in [-0.1, -0.05) is 6.92 Å². The maximum Gasteiger partial charge on any atom is 0.303 e. The zero-order valence-corrected chi connectivity index (χ0v) is 11.9. The van der Waals surface area contributed by atoms with E-state index in [4.69, 9.17) is 4.74 Å². The van der Waals surface area contributed by atoms with Gasteiger partial charge in [-0.2, -0.15) is 0 Å². The molecule has 1 unspecified atom stereocenters. The second-order valence-electron chi connectivity index (χ2n) is 7.22. The van der Waals surface area contributed by atoms with Crippen LogP contribution < -0.4 is 0 Å². The Morgan fingerprint density at radius 3 is 2.00 bits per heavy atom. The molecule has 0 aromatic carbocycles. The number of carbonyl (C=O) groups excluding carboxylic acids is 1. The van der Waals surface area contributed by atoms with E-state index in [1.165, 1.54) is 32.1 Å². The molecule has 0 aromatic heterocycles. The molecule has 2 nitrogen and oxygen atoms in total. The van der Waals surface area contributed by atoms with Gasteiger partial charge in [0.05, 0.1) is 0 Å². The standard InChI is InChI=1S/C16H26O2/c1-4-16(3,18-10(2)17)15-13-6-11-5-12(8-13)9-14(15)7-11/h11-15H,4-9H2,1-3H3. The van der Waals surface area contributed by atoms with Gasteiger partial charge < -0.3 is 4.74 Å². The highest BCUT2D eigenvalue weighted by Gasteiger charge is 2.54. The van der Waals surface area contributed by atoms with Crippen LogP contribution in [0, 0.1) is 29.6 Å². The van der Waals surface area contributed by atoms with Crippen molar-refractivity contribution in [2.45, 2.75) is 64.9 Å². The third-order valence-corrected chi connectivity index (χ3v) is 6.01. The van der Waals surface area contributed by atoms with E-state index in [-0.39, 0.29) is 11.6 Å². The third kappa shape index (κ3) is 1.88. The van der Waals surface area contributed by atoms with E-state index in [2.05, 4.69) is 13.8 Å². The Hall–Kier alpha value is -0.530. The fraction of sp³-hybridized carbons (Fsp3) is 0.938. The lowest BCUT2D eigenvalue weighted by Gasteiger charge is -2.58. The first-order valence-electron chi connectivity index (χ1n) is 7.71. The van der Waals surface area contributed by atoms with E-state index < -0.39 is 0 Å². The van der Waals surface area contributed by atoms with Crippen LogP contribution in [-0.4, -0.2) is 11.6 Å². The molecule has 0 radical (unpaired) electrons. The molecular weight excluding hydrogens is 224 g/mol. The number of rotatable bonds is 3. The van der Waals surface area contributed by atoms with Gasteiger partial charge in [0, 0.05) is 12.8 Å². The molecule has 0 saturated heterocycles. The Labute approximate surface area is 110 Å². The summed E-state index contributed by atoms with van der Waals surface area (Å²) in [7, 11) is 0. The van der Waals surface area contributed by atoms with Gasteiger partial charge in [-0.15, -0.1) is 0 Å². The van der Waals surface area contributed by atoms with Gasteiger partial charge in [0.2, 0.25) is 0 Å². The van der Waals surface area contributed by atoms with E-state index in [9.17, 15) is 4.79 Å². The van der Waals surface area contributed by atoms with Gasteiger partial charge in [-0.3, -0.25) is 4.79 Å². The quantitative estimate of drug-likeness (QED) is 0.712. The summed E-state index contributed by atoms with van der Waals surface area (Å²) in [5, 5.41) is 0. The van der Waals surface area contributed by atoms with Crippen LogP contribution in [0.4, 0.5) is 0 Å². The highest BCUT2D eigenvalue weighted by molar-refractivity contribution is 5.66. The summed E-state index contributed by atoms with van der Waals surface area (Å²) < 4.78 is 5.77. The maximum absolute atomic E-state index is 11.4. The fourth-order valence-electron chi connectivity index (χ4n) is 5.63. The Balaban J connectivity index is 1.84. The van der Waals surface area contributed by atoms with Gasteiger partial charge in [-0.25, -0.2) is 0 Å². The van der Waals surface area contributed by atoms with Gasteiger partial charge in [0.15, 0.2) is 0 Å². The van der Waals surface area contributed by atoms with Gasteiger partial charge in [0.25, 0.3) is 0 Å². The molecule has 4 saturated carbocycles. The molecule has 0 aliphatic heterocycles. The highest BCUT2D eigenvalue weighted by atomic mass is 16.6. The molecule has 102 valence electrons. The lowest BCUT2D eigenvalue weighted by molar-refractivity contribution is -0.183. The van der Waals surface area contributed by atoms with E-state index >= 15 is 0 Å². The van der Waals surface area contributed by atoms with Crippen molar-refractivity contribution in [2.24, 2.45) is 29.6 Å². The minimum Gasteiger partial charge on any atom is -0.459 e. The summed E-state index contributed by atoms with van der Waals surface area (Å²) in [4.78, 5) is 11.4. The predicted molar refractivity (Wildman–Crippen MR) is 71.0 cm³/mol. The van der Waals surface area contributed by atoms with Crippen molar-refractivity contribution in [1.29, 1.82) is 0 Å². The molecule has 0 N–H and O–H groups in total. The summed E-state index contributed by atoms with van der Waals surface area (Å²) >= 11 is 0. The number of carbonyl (C=O) groups is 1. The van der Waals surface area contributed by atoms with Crippen LogP contribution in [0.1, 0.15) is 59.3 Å². The van der Waals surface area contributed by atoms with Crippen molar-refractivity contribution in [1.82, 2.24) is 0 Å². The van der Waals surface area contributed by atoms with Crippen LogP contribution in [-0.2, 0) is 9.53 Å². The van der Waals surface area contributed by atoms with Crippen molar-refractivity contribution >= 4 is 5.97 Å². The highest BCUT2D eigenvalue weighted by Crippen LogP contribution is 2.60. The number of hydrogen-bond acceptors (Lipinski definition) is 2. The monoisotopic (exact) mass is 250 g/mol. The lowest BCUT2D eigenvalue weighted by Crippen LogP contribution is -2.55. The third-order valence-electron chi connectivity index (χ3n) is 6.01. The summed E-state index contributed by atoms with van der Waals surface area (Å²) in [6.45, 7) is 5.92. The second kappa shape index (κ2) is 4.25. The van der Waals surface area contributed by atoms with Crippen LogP contribution in [0.5, 0.6) is 0 Å². The van der Waals surface area contributed by atoms with E-state index in [0.717, 1.165) is 30.1 Å². The first-order valence-corrected chi connectivity index (χ1v) is 7.71. The van der Waals surface area contributed by atoms with Gasteiger partial charge in [-0.05, 0) is 69.1 Å². The zero-order chi connectivity index (χ0) is 12.9. The summed E-state index contributed by atoms with van der Waals surface area (Å²) in [5.74, 6) is 4.15. The number of hydrogen-bond donors (Lipinski definition) is 0. The minimum absolute atomic E-state index is 0.104. The SMILES string of the molecule is CCC(C)(OC(C)=O)C1C2CC3CC(C2)CC1C3. The van der Waals surface area contributed by atoms with Crippen molar-refractivity contribution in [3.05, 3.63) is 0 Å². The Morgan fingerprint density at radius 2 is 1.61 bits per heavy atom. The van der Waals surface area contributed by atoms with Crippen molar-refractivity contribution in [3.8, 4) is 0 Å². The normalized spacial score (nSPS) is 44.7. The molecule has 4 fully saturated rings. The van der Waals surface area contributed by atoms with Crippen molar-refractivity contribution in [3.63, 3.8) is 0 Å². The van der Waals surface area contributed by atoms with Crippen LogP contribution in [0.15, 0.2) is 0 Å². The minimum atomic E-state index is -0.214. The predicted octanol–water partition coefficient (Wildman–Crippen LogP) is 3.79. The van der Waals surface area contributed by atoms with E-state index in [1.54, 1.807) is 6.92 Å². The molecular formula is C16H26O2. The molecule has 4 aliphatic rings. The van der Waals surface area contributed by atoms with Gasteiger partial charge in [0.1, 0.15) is 5.60 Å². The second-order valence-corrected chi connectivity index (χ2v) is 7.22. The van der Waals surface area contributed by atoms with Crippen LogP contribution >= 0.6 is 0 Å². The average Bonchev–Trinajstić information content (AvgIpc) is 2.26. The molecule has 0 heterocycles. The largest absolute Gasteiger partial charge is 0.459 e. The average molecular weight is 250 g/mol. The molecule has 0 spiro atoms. The summed E-state index contributed by atoms with van der Waals surface area (Å²) in [6, 6.07) is 0. The Morgan fingerprint density at radius 1 is 1.11 bits per heavy atom. The van der Waals surface area contributed by atoms with E-state index in [0.29, 0.717) is 5.92 Å². The smallest absolute Gasteiger partial charge is 0.303 e. The molecule has 4 rings (SSSR count). The number of ether oxygens (including phenoxy) is 1. The molecule has 1 atom stereocenters. The molecule has 0 amide bonds. The van der Waals surface area contributed by atoms with Crippen molar-refractivity contribution < 1.29 is 9.53 Å². The lowest BCUT2D eigenvalue weighted by atomic mass is 9.48. The number of esters is 1. The topological polar surface area (TPSA) is 26.3 Å². The first-order chi connectivity index (χ1) is 8.51. The maximum atomic E-state index is 11.4. The molecule has 4 bridgehead atoms. The summed E-state index contributed by atoms with van der Waals surface area (Å²) in [6.07, 6.45) is 8.03. The van der Waals surface area contributed by atoms with E-state index in [1.807, 2.05) is 0 Å². The first kappa shape index (κ1) is 12.5. The molecule has 0 aromatic rings. The summed E-state index contributed by atoms with van der Waals surface area (Å²) in [5.41, 5.74) is -0.214. The Bertz CT molecular complexity index is 321. The zero-order valence-electron chi connectivity index (χ0n) is 11.9. The van der Waals surface area contributed by atoms with Crippen LogP contribution in [0.2, 0.25) is 0 Å². The van der Waals surface area contributed by atoms with Gasteiger partial charge >= 0.3 is 5.97 Å². The van der Waals surface area contributed by atoms with Crippen LogP contribution in [0.3, 0.4) is 0 Å². The molecule has 18 heavy (non-hydrogen) atoms. The van der Waals surface area contributed by atoms with Crippen molar-refractivity contribution in [2.75, 3.05) is 0 Å². The fourth-order valence-corrected chi connectivity index (χ4v) is 5.63. The van der Waals surface area contributed by atoms with Crippen LogP contribution in [0.25, 0.3) is 0 Å². The molecule has 4 aliphatic carbocycles.